The summed E-state index contributed by atoms with van der Waals surface area (Å²) in [5.74, 6) is 0.905. The predicted octanol–water partition coefficient (Wildman–Crippen LogP) is 4.38. The van der Waals surface area contributed by atoms with Crippen LogP contribution in [0.3, 0.4) is 0 Å². The normalized spacial score (nSPS) is 10.2. The Morgan fingerprint density at radius 3 is 2.05 bits per heavy atom. The second kappa shape index (κ2) is 7.49. The van der Waals surface area contributed by atoms with E-state index in [0.717, 1.165) is 29.9 Å². The van der Waals surface area contributed by atoms with Gasteiger partial charge in [-0.15, -0.1) is 0 Å². The van der Waals surface area contributed by atoms with Crippen LogP contribution in [0.2, 0.25) is 0 Å². The van der Waals surface area contributed by atoms with Crippen molar-refractivity contribution >= 4 is 6.29 Å². The van der Waals surface area contributed by atoms with Crippen molar-refractivity contribution in [2.45, 2.75) is 26.2 Å². The van der Waals surface area contributed by atoms with E-state index in [4.69, 9.17) is 4.74 Å². The fourth-order valence-electron chi connectivity index (χ4n) is 2.02. The van der Waals surface area contributed by atoms with Gasteiger partial charge < -0.3 is 4.74 Å². The highest BCUT2D eigenvalue weighted by molar-refractivity contribution is 5.77. The molecule has 2 aromatic carbocycles. The van der Waals surface area contributed by atoms with Crippen LogP contribution in [0.1, 0.15) is 31.7 Å². The largest absolute Gasteiger partial charge is 0.494 e. The smallest absolute Gasteiger partial charge is 0.233 e. The van der Waals surface area contributed by atoms with Gasteiger partial charge in [0.25, 0.3) is 0 Å². The average molecular weight is 267 g/mol. The summed E-state index contributed by atoms with van der Waals surface area (Å²) in [7, 11) is 0. The van der Waals surface area contributed by atoms with Crippen LogP contribution >= 0.6 is 0 Å². The van der Waals surface area contributed by atoms with E-state index in [1.54, 1.807) is 12.1 Å². The van der Waals surface area contributed by atoms with Crippen molar-refractivity contribution in [3.8, 4) is 16.9 Å². The third-order valence-electron chi connectivity index (χ3n) is 3.21. The molecule has 0 unspecified atom stereocenters. The van der Waals surface area contributed by atoms with E-state index in [1.165, 1.54) is 12.8 Å². The Hall–Kier alpha value is -2.09. The van der Waals surface area contributed by atoms with E-state index in [0.29, 0.717) is 5.56 Å². The van der Waals surface area contributed by atoms with Crippen LogP contribution in [0.4, 0.5) is 0 Å². The highest BCUT2D eigenvalue weighted by Crippen LogP contribution is 2.22. The average Bonchev–Trinajstić information content (AvgIpc) is 2.52. The lowest BCUT2D eigenvalue weighted by Crippen LogP contribution is -1.96. The molecule has 0 saturated carbocycles. The molecule has 103 valence electrons. The fraction of sp³-hybridized carbons (Fsp3) is 0.278. The molecule has 0 amide bonds. The van der Waals surface area contributed by atoms with Gasteiger partial charge in [0.1, 0.15) is 5.75 Å². The van der Waals surface area contributed by atoms with Crippen LogP contribution in [0.15, 0.2) is 48.5 Å². The minimum Gasteiger partial charge on any atom is -0.494 e. The standard InChI is InChI=1S/C18H19O2/c1-2-3-4-13-20-18-11-9-17(10-12-18)16-7-5-15(14-19)6-8-16/h5-12H,2-4,13H2,1H3. The van der Waals surface area contributed by atoms with E-state index < -0.39 is 0 Å². The van der Waals surface area contributed by atoms with Gasteiger partial charge in [-0.2, -0.15) is 0 Å². The number of rotatable bonds is 7. The maximum Gasteiger partial charge on any atom is 0.233 e. The first kappa shape index (κ1) is 14.3. The van der Waals surface area contributed by atoms with E-state index >= 15 is 0 Å². The summed E-state index contributed by atoms with van der Waals surface area (Å²) in [5.41, 5.74) is 2.77. The molecule has 0 aliphatic carbocycles. The summed E-state index contributed by atoms with van der Waals surface area (Å²) in [6.45, 7) is 2.96. The van der Waals surface area contributed by atoms with Crippen molar-refractivity contribution in [2.24, 2.45) is 0 Å². The molecule has 0 aliphatic heterocycles. The molecule has 0 aromatic heterocycles. The Morgan fingerprint density at radius 1 is 0.900 bits per heavy atom. The molecule has 0 aliphatic rings. The van der Waals surface area contributed by atoms with Crippen LogP contribution in [0.25, 0.3) is 11.1 Å². The molecule has 0 spiro atoms. The summed E-state index contributed by atoms with van der Waals surface area (Å²) in [6.07, 6.45) is 5.39. The third kappa shape index (κ3) is 3.95. The van der Waals surface area contributed by atoms with Gasteiger partial charge in [-0.3, -0.25) is 4.79 Å². The zero-order valence-electron chi connectivity index (χ0n) is 11.8. The van der Waals surface area contributed by atoms with Crippen molar-refractivity contribution in [3.63, 3.8) is 0 Å². The van der Waals surface area contributed by atoms with Crippen molar-refractivity contribution in [1.29, 1.82) is 0 Å². The minimum atomic E-state index is 0.574. The van der Waals surface area contributed by atoms with Gasteiger partial charge in [-0.1, -0.05) is 56.2 Å². The van der Waals surface area contributed by atoms with Gasteiger partial charge in [-0.05, 0) is 29.7 Å². The summed E-state index contributed by atoms with van der Waals surface area (Å²) in [6, 6.07) is 15.5. The Balaban J connectivity index is 1.98. The Bertz CT molecular complexity index is 526. The Kier molecular flexibility index (Phi) is 5.36. The molecule has 2 nitrogen and oxygen atoms in total. The molecular formula is C18H19O2. The maximum absolute atomic E-state index is 10.5. The van der Waals surface area contributed by atoms with Crippen LogP contribution in [-0.2, 0) is 4.79 Å². The second-order valence-corrected chi connectivity index (χ2v) is 4.76. The zero-order valence-corrected chi connectivity index (χ0v) is 11.8. The molecule has 20 heavy (non-hydrogen) atoms. The summed E-state index contributed by atoms with van der Waals surface area (Å²) >= 11 is 0. The summed E-state index contributed by atoms with van der Waals surface area (Å²) in [4.78, 5) is 10.5. The molecular weight excluding hydrogens is 248 g/mol. The van der Waals surface area contributed by atoms with Gasteiger partial charge in [0.05, 0.1) is 6.61 Å². The van der Waals surface area contributed by atoms with Gasteiger partial charge in [0, 0.05) is 5.56 Å². The lowest BCUT2D eigenvalue weighted by molar-refractivity contribution is 0.306. The molecule has 0 heterocycles. The van der Waals surface area contributed by atoms with Gasteiger partial charge >= 0.3 is 0 Å². The minimum absolute atomic E-state index is 0.574. The molecule has 0 N–H and O–H groups in total. The van der Waals surface area contributed by atoms with Crippen molar-refractivity contribution in [2.75, 3.05) is 6.61 Å². The van der Waals surface area contributed by atoms with Crippen LogP contribution in [-0.4, -0.2) is 12.9 Å². The summed E-state index contributed by atoms with van der Waals surface area (Å²) in [5, 5.41) is 0. The number of benzene rings is 2. The van der Waals surface area contributed by atoms with Crippen LogP contribution < -0.4 is 4.74 Å². The number of ether oxygens (including phenoxy) is 1. The molecule has 0 fully saturated rings. The van der Waals surface area contributed by atoms with Gasteiger partial charge in [0.2, 0.25) is 6.29 Å². The molecule has 0 atom stereocenters. The van der Waals surface area contributed by atoms with Gasteiger partial charge in [-0.25, -0.2) is 0 Å². The van der Waals surface area contributed by atoms with Crippen LogP contribution in [0, 0.1) is 0 Å². The van der Waals surface area contributed by atoms with E-state index in [-0.39, 0.29) is 0 Å². The monoisotopic (exact) mass is 267 g/mol. The number of hydrogen-bond donors (Lipinski definition) is 0. The number of unbranched alkanes of at least 4 members (excludes halogenated alkanes) is 2. The highest BCUT2D eigenvalue weighted by atomic mass is 16.5. The summed E-state index contributed by atoms with van der Waals surface area (Å²) < 4.78 is 5.68. The lowest BCUT2D eigenvalue weighted by Gasteiger charge is -2.07. The van der Waals surface area contributed by atoms with Crippen molar-refractivity contribution in [1.82, 2.24) is 0 Å². The SMILES string of the molecule is CCCCCOc1ccc(-c2ccc([C]=O)cc2)cc1. The quantitative estimate of drug-likeness (QED) is 0.696. The predicted molar refractivity (Wildman–Crippen MR) is 81.7 cm³/mol. The number of carbonyl (C=O) groups excluding carboxylic acids is 1. The molecule has 2 rings (SSSR count). The Morgan fingerprint density at radius 2 is 1.50 bits per heavy atom. The first-order valence-electron chi connectivity index (χ1n) is 7.05. The molecule has 0 bridgehead atoms. The molecule has 2 heteroatoms. The molecule has 2 aromatic rings. The van der Waals surface area contributed by atoms with E-state index in [1.807, 2.05) is 42.7 Å². The van der Waals surface area contributed by atoms with E-state index in [2.05, 4.69) is 6.92 Å². The maximum atomic E-state index is 10.5. The van der Waals surface area contributed by atoms with Crippen LogP contribution in [0.5, 0.6) is 5.75 Å². The lowest BCUT2D eigenvalue weighted by atomic mass is 10.0. The second-order valence-electron chi connectivity index (χ2n) is 4.76. The first-order valence-corrected chi connectivity index (χ1v) is 7.05. The van der Waals surface area contributed by atoms with Crippen molar-refractivity contribution in [3.05, 3.63) is 54.1 Å². The zero-order chi connectivity index (χ0) is 14.2. The topological polar surface area (TPSA) is 26.3 Å². The number of hydrogen-bond acceptors (Lipinski definition) is 2. The highest BCUT2D eigenvalue weighted by Gasteiger charge is 1.99. The molecule has 1 radical (unpaired) electrons. The molecule has 0 saturated heterocycles. The van der Waals surface area contributed by atoms with Crippen molar-refractivity contribution < 1.29 is 9.53 Å². The van der Waals surface area contributed by atoms with E-state index in [9.17, 15) is 4.79 Å². The fourth-order valence-corrected chi connectivity index (χ4v) is 2.02. The first-order chi connectivity index (χ1) is 9.83. The van der Waals surface area contributed by atoms with Gasteiger partial charge in [0.15, 0.2) is 0 Å². The Labute approximate surface area is 120 Å². The third-order valence-corrected chi connectivity index (χ3v) is 3.21.